The summed E-state index contributed by atoms with van der Waals surface area (Å²) < 4.78 is 29.2. The van der Waals surface area contributed by atoms with Gasteiger partial charge in [-0.05, 0) is 36.2 Å². The van der Waals surface area contributed by atoms with Gasteiger partial charge in [-0.2, -0.15) is 8.78 Å². The van der Waals surface area contributed by atoms with Gasteiger partial charge in [0.25, 0.3) is 5.91 Å². The van der Waals surface area contributed by atoms with Crippen LogP contribution < -0.4 is 10.1 Å². The summed E-state index contributed by atoms with van der Waals surface area (Å²) >= 11 is 0. The second kappa shape index (κ2) is 8.16. The SMILES string of the molecule is CCC(C)C(NC(=O)c1cccc(OC(F)F)c1)c1nc2ccccc2[nH]1. The van der Waals surface area contributed by atoms with Crippen LogP contribution in [0.4, 0.5) is 8.78 Å². The highest BCUT2D eigenvalue weighted by atomic mass is 19.3. The van der Waals surface area contributed by atoms with Crippen LogP contribution in [0.2, 0.25) is 0 Å². The zero-order valence-corrected chi connectivity index (χ0v) is 15.1. The third kappa shape index (κ3) is 4.42. The molecule has 2 atom stereocenters. The molecule has 0 aliphatic rings. The normalized spacial score (nSPS) is 13.5. The van der Waals surface area contributed by atoms with Crippen molar-refractivity contribution in [2.75, 3.05) is 0 Å². The van der Waals surface area contributed by atoms with E-state index in [9.17, 15) is 13.6 Å². The van der Waals surface area contributed by atoms with E-state index >= 15 is 0 Å². The largest absolute Gasteiger partial charge is 0.435 e. The van der Waals surface area contributed by atoms with E-state index in [4.69, 9.17) is 0 Å². The second-order valence-electron chi connectivity index (χ2n) is 6.38. The van der Waals surface area contributed by atoms with Crippen LogP contribution >= 0.6 is 0 Å². The molecule has 0 fully saturated rings. The van der Waals surface area contributed by atoms with E-state index in [1.54, 1.807) is 6.07 Å². The number of H-pyrrole nitrogens is 1. The lowest BCUT2D eigenvalue weighted by Gasteiger charge is -2.22. The maximum atomic E-state index is 12.7. The van der Waals surface area contributed by atoms with Gasteiger partial charge in [-0.25, -0.2) is 4.98 Å². The van der Waals surface area contributed by atoms with Gasteiger partial charge in [0.15, 0.2) is 0 Å². The lowest BCUT2D eigenvalue weighted by molar-refractivity contribution is -0.0498. The average Bonchev–Trinajstić information content (AvgIpc) is 3.08. The third-order valence-corrected chi connectivity index (χ3v) is 4.52. The average molecular weight is 373 g/mol. The Balaban J connectivity index is 1.85. The Labute approximate surface area is 155 Å². The number of carbonyl (C=O) groups is 1. The molecule has 3 aromatic rings. The number of fused-ring (bicyclic) bond motifs is 1. The highest BCUT2D eigenvalue weighted by Crippen LogP contribution is 2.25. The Bertz CT molecular complexity index is 893. The van der Waals surface area contributed by atoms with Crippen molar-refractivity contribution in [2.24, 2.45) is 5.92 Å². The number of amides is 1. The summed E-state index contributed by atoms with van der Waals surface area (Å²) in [7, 11) is 0. The molecule has 0 radical (unpaired) electrons. The summed E-state index contributed by atoms with van der Waals surface area (Å²) in [5, 5.41) is 2.97. The van der Waals surface area contributed by atoms with Crippen molar-refractivity contribution in [3.05, 3.63) is 59.9 Å². The smallest absolute Gasteiger partial charge is 0.387 e. The van der Waals surface area contributed by atoms with Crippen LogP contribution in [-0.2, 0) is 0 Å². The number of imidazole rings is 1. The molecule has 1 heterocycles. The second-order valence-corrected chi connectivity index (χ2v) is 6.38. The maximum absolute atomic E-state index is 12.7. The van der Waals surface area contributed by atoms with Crippen molar-refractivity contribution < 1.29 is 18.3 Å². The number of carbonyl (C=O) groups excluding carboxylic acids is 1. The number of nitrogens with one attached hydrogen (secondary N) is 2. The number of benzene rings is 2. The Kier molecular flexibility index (Phi) is 5.69. The molecule has 2 unspecified atom stereocenters. The number of para-hydroxylation sites is 2. The molecule has 1 aromatic heterocycles. The zero-order valence-electron chi connectivity index (χ0n) is 15.1. The van der Waals surface area contributed by atoms with E-state index in [0.29, 0.717) is 5.82 Å². The Morgan fingerprint density at radius 2 is 2.00 bits per heavy atom. The number of halogens is 2. The van der Waals surface area contributed by atoms with Gasteiger partial charge in [0, 0.05) is 5.56 Å². The lowest BCUT2D eigenvalue weighted by Crippen LogP contribution is -2.33. The van der Waals surface area contributed by atoms with Crippen molar-refractivity contribution in [1.29, 1.82) is 0 Å². The zero-order chi connectivity index (χ0) is 19.4. The van der Waals surface area contributed by atoms with E-state index in [2.05, 4.69) is 20.0 Å². The Morgan fingerprint density at radius 1 is 1.22 bits per heavy atom. The molecule has 1 amide bonds. The summed E-state index contributed by atoms with van der Waals surface area (Å²) in [5.41, 5.74) is 1.96. The molecule has 27 heavy (non-hydrogen) atoms. The molecule has 0 saturated carbocycles. The minimum Gasteiger partial charge on any atom is -0.435 e. The van der Waals surface area contributed by atoms with E-state index in [1.165, 1.54) is 18.2 Å². The molecule has 0 bridgehead atoms. The van der Waals surface area contributed by atoms with Crippen LogP contribution in [0, 0.1) is 5.92 Å². The number of ether oxygens (including phenoxy) is 1. The molecule has 2 N–H and O–H groups in total. The van der Waals surface area contributed by atoms with Gasteiger partial charge < -0.3 is 15.0 Å². The summed E-state index contributed by atoms with van der Waals surface area (Å²) in [6.45, 7) is 1.12. The van der Waals surface area contributed by atoms with Crippen molar-refractivity contribution in [3.8, 4) is 5.75 Å². The lowest BCUT2D eigenvalue weighted by atomic mass is 9.98. The molecule has 142 valence electrons. The molecule has 0 saturated heterocycles. The fourth-order valence-electron chi connectivity index (χ4n) is 2.87. The number of hydrogen-bond acceptors (Lipinski definition) is 3. The number of aromatic nitrogens is 2. The van der Waals surface area contributed by atoms with E-state index in [1.807, 2.05) is 38.1 Å². The first kappa shape index (κ1) is 18.8. The van der Waals surface area contributed by atoms with Crippen LogP contribution in [0.3, 0.4) is 0 Å². The fraction of sp³-hybridized carbons (Fsp3) is 0.300. The first-order valence-corrected chi connectivity index (χ1v) is 8.78. The monoisotopic (exact) mass is 373 g/mol. The summed E-state index contributed by atoms with van der Waals surface area (Å²) in [4.78, 5) is 20.6. The van der Waals surface area contributed by atoms with Crippen LogP contribution in [0.5, 0.6) is 5.75 Å². The van der Waals surface area contributed by atoms with Crippen LogP contribution in [0.1, 0.15) is 42.5 Å². The number of aromatic amines is 1. The molecule has 0 spiro atoms. The quantitative estimate of drug-likeness (QED) is 0.632. The number of alkyl halides is 2. The number of hydrogen-bond donors (Lipinski definition) is 2. The molecule has 2 aromatic carbocycles. The van der Waals surface area contributed by atoms with Crippen molar-refractivity contribution >= 4 is 16.9 Å². The Morgan fingerprint density at radius 3 is 2.70 bits per heavy atom. The van der Waals surface area contributed by atoms with Gasteiger partial charge >= 0.3 is 6.61 Å². The summed E-state index contributed by atoms with van der Waals surface area (Å²) in [6.07, 6.45) is 0.830. The van der Waals surface area contributed by atoms with Gasteiger partial charge in [-0.3, -0.25) is 4.79 Å². The van der Waals surface area contributed by atoms with E-state index in [0.717, 1.165) is 17.5 Å². The molecular weight excluding hydrogens is 352 g/mol. The third-order valence-electron chi connectivity index (χ3n) is 4.52. The summed E-state index contributed by atoms with van der Waals surface area (Å²) in [5.74, 6) is 0.357. The van der Waals surface area contributed by atoms with Gasteiger partial charge in [-0.15, -0.1) is 0 Å². The first-order valence-electron chi connectivity index (χ1n) is 8.78. The minimum atomic E-state index is -2.94. The van der Waals surface area contributed by atoms with Crippen molar-refractivity contribution in [3.63, 3.8) is 0 Å². The molecular formula is C20H21F2N3O2. The highest BCUT2D eigenvalue weighted by molar-refractivity contribution is 5.94. The molecule has 0 aliphatic carbocycles. The standard InChI is InChI=1S/C20H21F2N3O2/c1-3-12(2)17(18-23-15-9-4-5-10-16(15)24-18)25-19(26)13-7-6-8-14(11-13)27-20(21)22/h4-12,17,20H,3H2,1-2H3,(H,23,24)(H,25,26). The number of nitrogens with zero attached hydrogens (tertiary/aromatic N) is 1. The molecule has 7 heteroatoms. The van der Waals surface area contributed by atoms with Crippen LogP contribution in [0.15, 0.2) is 48.5 Å². The molecule has 3 rings (SSSR count). The van der Waals surface area contributed by atoms with Gasteiger partial charge in [0.1, 0.15) is 11.6 Å². The maximum Gasteiger partial charge on any atom is 0.387 e. The van der Waals surface area contributed by atoms with E-state index in [-0.39, 0.29) is 29.2 Å². The van der Waals surface area contributed by atoms with Crippen LogP contribution in [-0.4, -0.2) is 22.5 Å². The first-order chi connectivity index (χ1) is 13.0. The molecule has 0 aliphatic heterocycles. The van der Waals surface area contributed by atoms with Gasteiger partial charge in [0.2, 0.25) is 0 Å². The number of rotatable bonds is 7. The summed E-state index contributed by atoms with van der Waals surface area (Å²) in [6, 6.07) is 13.0. The predicted octanol–water partition coefficient (Wildman–Crippen LogP) is 4.68. The van der Waals surface area contributed by atoms with Crippen LogP contribution in [0.25, 0.3) is 11.0 Å². The molecule has 5 nitrogen and oxygen atoms in total. The van der Waals surface area contributed by atoms with Gasteiger partial charge in [-0.1, -0.05) is 38.5 Å². The fourth-order valence-corrected chi connectivity index (χ4v) is 2.87. The van der Waals surface area contributed by atoms with Crippen molar-refractivity contribution in [2.45, 2.75) is 32.9 Å². The highest BCUT2D eigenvalue weighted by Gasteiger charge is 2.24. The minimum absolute atomic E-state index is 0.0542. The van der Waals surface area contributed by atoms with Crippen molar-refractivity contribution in [1.82, 2.24) is 15.3 Å². The van der Waals surface area contributed by atoms with E-state index < -0.39 is 6.61 Å². The Hall–Kier alpha value is -2.96. The predicted molar refractivity (Wildman–Crippen MR) is 98.8 cm³/mol. The van der Waals surface area contributed by atoms with Gasteiger partial charge in [0.05, 0.1) is 17.1 Å². The topological polar surface area (TPSA) is 67.0 Å².